The minimum absolute atomic E-state index is 0.0103. The maximum atomic E-state index is 6.05. The van der Waals surface area contributed by atoms with E-state index in [-0.39, 0.29) is 4.08 Å². The summed E-state index contributed by atoms with van der Waals surface area (Å²) in [7, 11) is 0. The minimum atomic E-state index is -0.0103. The van der Waals surface area contributed by atoms with E-state index in [4.69, 9.17) is 11.6 Å². The van der Waals surface area contributed by atoms with Crippen molar-refractivity contribution >= 4 is 35.1 Å². The SMILES string of the molecule is CC1(c2nccnc2Cl)SCCCS1. The second-order valence-electron chi connectivity index (χ2n) is 3.19. The van der Waals surface area contributed by atoms with Crippen LogP contribution < -0.4 is 0 Å². The van der Waals surface area contributed by atoms with Crippen molar-refractivity contribution in [1.82, 2.24) is 9.97 Å². The first-order valence-electron chi connectivity index (χ1n) is 4.47. The topological polar surface area (TPSA) is 25.8 Å². The lowest BCUT2D eigenvalue weighted by atomic mass is 10.3. The zero-order valence-electron chi connectivity index (χ0n) is 7.86. The van der Waals surface area contributed by atoms with Crippen LogP contribution >= 0.6 is 35.1 Å². The number of hydrogen-bond acceptors (Lipinski definition) is 4. The predicted molar refractivity (Wildman–Crippen MR) is 63.9 cm³/mol. The Morgan fingerprint density at radius 3 is 2.57 bits per heavy atom. The third-order valence-electron chi connectivity index (χ3n) is 2.13. The highest BCUT2D eigenvalue weighted by atomic mass is 35.5. The molecule has 0 atom stereocenters. The highest BCUT2D eigenvalue weighted by molar-refractivity contribution is 8.18. The van der Waals surface area contributed by atoms with Crippen molar-refractivity contribution in [2.75, 3.05) is 11.5 Å². The van der Waals surface area contributed by atoms with Gasteiger partial charge in [-0.25, -0.2) is 4.98 Å². The molecule has 0 radical (unpaired) electrons. The van der Waals surface area contributed by atoms with E-state index in [1.165, 1.54) is 17.9 Å². The summed E-state index contributed by atoms with van der Waals surface area (Å²) < 4.78 is -0.0103. The molecule has 5 heteroatoms. The van der Waals surface area contributed by atoms with Crippen molar-refractivity contribution < 1.29 is 0 Å². The Kier molecular flexibility index (Phi) is 3.24. The minimum Gasteiger partial charge on any atom is -0.254 e. The molecule has 1 aromatic rings. The van der Waals surface area contributed by atoms with Crippen molar-refractivity contribution in [3.05, 3.63) is 23.2 Å². The summed E-state index contributed by atoms with van der Waals surface area (Å²) >= 11 is 9.86. The van der Waals surface area contributed by atoms with E-state index < -0.39 is 0 Å². The molecule has 1 saturated heterocycles. The van der Waals surface area contributed by atoms with E-state index in [0.29, 0.717) is 5.15 Å². The molecule has 2 heterocycles. The van der Waals surface area contributed by atoms with Gasteiger partial charge in [0.2, 0.25) is 0 Å². The Balaban J connectivity index is 2.32. The maximum Gasteiger partial charge on any atom is 0.152 e. The lowest BCUT2D eigenvalue weighted by Gasteiger charge is -2.31. The Morgan fingerprint density at radius 1 is 1.29 bits per heavy atom. The second kappa shape index (κ2) is 4.29. The molecular weight excluding hydrogens is 236 g/mol. The largest absolute Gasteiger partial charge is 0.254 e. The Bertz CT molecular complexity index is 326. The van der Waals surface area contributed by atoms with Crippen molar-refractivity contribution in [2.45, 2.75) is 17.4 Å². The molecule has 0 aliphatic carbocycles. The van der Waals surface area contributed by atoms with Crippen molar-refractivity contribution in [2.24, 2.45) is 0 Å². The average Bonchev–Trinajstić information content (AvgIpc) is 2.19. The molecular formula is C9H11ClN2S2. The fraction of sp³-hybridized carbons (Fsp3) is 0.556. The van der Waals surface area contributed by atoms with Crippen LogP contribution in [0.25, 0.3) is 0 Å². The molecule has 0 aromatic carbocycles. The summed E-state index contributed by atoms with van der Waals surface area (Å²) in [5.41, 5.74) is 0.913. The number of rotatable bonds is 1. The summed E-state index contributed by atoms with van der Waals surface area (Å²) in [6.07, 6.45) is 4.61. The average molecular weight is 247 g/mol. The van der Waals surface area contributed by atoms with Crippen molar-refractivity contribution in [3.63, 3.8) is 0 Å². The van der Waals surface area contributed by atoms with Gasteiger partial charge >= 0.3 is 0 Å². The van der Waals surface area contributed by atoms with Gasteiger partial charge < -0.3 is 0 Å². The molecule has 1 aliphatic rings. The van der Waals surface area contributed by atoms with Gasteiger partial charge in [0.25, 0.3) is 0 Å². The van der Waals surface area contributed by atoms with Crippen LogP contribution in [0.15, 0.2) is 12.4 Å². The van der Waals surface area contributed by atoms with Gasteiger partial charge in [-0.1, -0.05) is 11.6 Å². The molecule has 0 saturated carbocycles. The maximum absolute atomic E-state index is 6.05. The summed E-state index contributed by atoms with van der Waals surface area (Å²) in [5, 5.41) is 0.539. The van der Waals surface area contributed by atoms with Gasteiger partial charge in [0.15, 0.2) is 5.15 Å². The molecule has 76 valence electrons. The van der Waals surface area contributed by atoms with E-state index in [9.17, 15) is 0 Å². The van der Waals surface area contributed by atoms with Crippen LogP contribution in [0, 0.1) is 0 Å². The number of nitrogens with zero attached hydrogens (tertiary/aromatic N) is 2. The lowest BCUT2D eigenvalue weighted by Crippen LogP contribution is -2.20. The first-order valence-corrected chi connectivity index (χ1v) is 6.82. The van der Waals surface area contributed by atoms with Gasteiger partial charge in [-0.15, -0.1) is 23.5 Å². The summed E-state index contributed by atoms with van der Waals surface area (Å²) in [6.45, 7) is 2.18. The molecule has 0 unspecified atom stereocenters. The van der Waals surface area contributed by atoms with Crippen LogP contribution in [0.5, 0.6) is 0 Å². The molecule has 1 aromatic heterocycles. The van der Waals surface area contributed by atoms with Gasteiger partial charge in [-0.3, -0.25) is 4.98 Å². The molecule has 14 heavy (non-hydrogen) atoms. The van der Waals surface area contributed by atoms with E-state index in [1.54, 1.807) is 12.4 Å². The third kappa shape index (κ3) is 2.02. The van der Waals surface area contributed by atoms with Gasteiger partial charge in [0.05, 0.1) is 0 Å². The molecule has 0 N–H and O–H groups in total. The third-order valence-corrected chi connectivity index (χ3v) is 5.59. The van der Waals surface area contributed by atoms with Crippen LogP contribution in [0.1, 0.15) is 19.0 Å². The lowest BCUT2D eigenvalue weighted by molar-refractivity contribution is 0.896. The van der Waals surface area contributed by atoms with Crippen molar-refractivity contribution in [3.8, 4) is 0 Å². The number of thioether (sulfide) groups is 2. The van der Waals surface area contributed by atoms with Crippen molar-refractivity contribution in [1.29, 1.82) is 0 Å². The fourth-order valence-corrected chi connectivity index (χ4v) is 4.75. The molecule has 2 rings (SSSR count). The number of hydrogen-bond donors (Lipinski definition) is 0. The molecule has 0 spiro atoms. The zero-order chi connectivity index (χ0) is 10.0. The smallest absolute Gasteiger partial charge is 0.152 e. The first kappa shape index (κ1) is 10.6. The highest BCUT2D eigenvalue weighted by Crippen LogP contribution is 2.50. The van der Waals surface area contributed by atoms with E-state index in [1.807, 2.05) is 23.5 Å². The second-order valence-corrected chi connectivity index (χ2v) is 6.84. The molecule has 2 nitrogen and oxygen atoms in total. The zero-order valence-corrected chi connectivity index (χ0v) is 10.3. The summed E-state index contributed by atoms with van der Waals surface area (Å²) in [5.74, 6) is 2.35. The van der Waals surface area contributed by atoms with Crippen LogP contribution in [0.4, 0.5) is 0 Å². The van der Waals surface area contributed by atoms with E-state index in [0.717, 1.165) is 5.69 Å². The Morgan fingerprint density at radius 2 is 1.93 bits per heavy atom. The number of halogens is 1. The van der Waals surface area contributed by atoms with Gasteiger partial charge in [-0.05, 0) is 24.9 Å². The Hall–Kier alpha value is 0.0700. The van der Waals surface area contributed by atoms with Crippen LogP contribution in [0.3, 0.4) is 0 Å². The van der Waals surface area contributed by atoms with Gasteiger partial charge in [0.1, 0.15) is 9.77 Å². The monoisotopic (exact) mass is 246 g/mol. The highest BCUT2D eigenvalue weighted by Gasteiger charge is 2.34. The number of aromatic nitrogens is 2. The fourth-order valence-electron chi connectivity index (χ4n) is 1.40. The van der Waals surface area contributed by atoms with Gasteiger partial charge in [-0.2, -0.15) is 0 Å². The molecule has 0 amide bonds. The normalized spacial score (nSPS) is 20.7. The Labute approximate surface area is 97.2 Å². The summed E-state index contributed by atoms with van der Waals surface area (Å²) in [4.78, 5) is 8.41. The van der Waals surface area contributed by atoms with Crippen LogP contribution in [-0.2, 0) is 4.08 Å². The van der Waals surface area contributed by atoms with Gasteiger partial charge in [0, 0.05) is 12.4 Å². The first-order chi connectivity index (χ1) is 6.72. The standard InChI is InChI=1S/C9H11ClN2S2/c1-9(13-5-2-6-14-9)7-8(10)12-4-3-11-7/h3-4H,2,5-6H2,1H3. The predicted octanol–water partition coefficient (Wildman–Crippen LogP) is 3.17. The molecule has 1 aliphatic heterocycles. The van der Waals surface area contributed by atoms with E-state index >= 15 is 0 Å². The van der Waals surface area contributed by atoms with Crippen LogP contribution in [0.2, 0.25) is 5.15 Å². The summed E-state index contributed by atoms with van der Waals surface area (Å²) in [6, 6.07) is 0. The quantitative estimate of drug-likeness (QED) is 0.760. The molecule has 1 fully saturated rings. The van der Waals surface area contributed by atoms with E-state index in [2.05, 4.69) is 16.9 Å². The molecule has 0 bridgehead atoms. The van der Waals surface area contributed by atoms with Crippen LogP contribution in [-0.4, -0.2) is 21.5 Å².